The Morgan fingerprint density at radius 3 is 2.56 bits per heavy atom. The van der Waals surface area contributed by atoms with Crippen LogP contribution in [0.5, 0.6) is 0 Å². The first-order valence-electron chi connectivity index (χ1n) is 10.2. The maximum absolute atomic E-state index is 13.1. The maximum atomic E-state index is 13.1. The van der Waals surface area contributed by atoms with E-state index in [9.17, 15) is 14.4 Å². The molecule has 0 aliphatic rings. The molecule has 0 atom stereocenters. The molecule has 0 aliphatic heterocycles. The number of urea groups is 1. The summed E-state index contributed by atoms with van der Waals surface area (Å²) in [5.74, 6) is -0.466. The van der Waals surface area contributed by atoms with Gasteiger partial charge in [0.1, 0.15) is 4.83 Å². The molecule has 0 aliphatic carbocycles. The van der Waals surface area contributed by atoms with Gasteiger partial charge in [-0.05, 0) is 18.1 Å². The summed E-state index contributed by atoms with van der Waals surface area (Å²) in [6.45, 7) is 2.46. The van der Waals surface area contributed by atoms with Crippen LogP contribution >= 0.6 is 11.3 Å². The third-order valence-electron chi connectivity index (χ3n) is 5.05. The molecule has 2 N–H and O–H groups in total. The van der Waals surface area contributed by atoms with Gasteiger partial charge in [-0.15, -0.1) is 11.3 Å². The van der Waals surface area contributed by atoms with Crippen LogP contribution in [0.25, 0.3) is 21.3 Å². The number of thiophene rings is 1. The summed E-state index contributed by atoms with van der Waals surface area (Å²) in [7, 11) is 0. The molecule has 3 amide bonds. The third-order valence-corrected chi connectivity index (χ3v) is 5.94. The lowest BCUT2D eigenvalue weighted by atomic mass is 10.1. The van der Waals surface area contributed by atoms with E-state index in [0.29, 0.717) is 16.8 Å². The van der Waals surface area contributed by atoms with Gasteiger partial charge in [-0.2, -0.15) is 0 Å². The highest BCUT2D eigenvalue weighted by atomic mass is 32.1. The van der Waals surface area contributed by atoms with E-state index in [-0.39, 0.29) is 18.5 Å². The molecule has 7 nitrogen and oxygen atoms in total. The van der Waals surface area contributed by atoms with Gasteiger partial charge in [-0.1, -0.05) is 60.2 Å². The van der Waals surface area contributed by atoms with Gasteiger partial charge in [0, 0.05) is 30.5 Å². The summed E-state index contributed by atoms with van der Waals surface area (Å²) >= 11 is 1.42. The van der Waals surface area contributed by atoms with Crippen LogP contribution in [0.3, 0.4) is 0 Å². The highest BCUT2D eigenvalue weighted by molar-refractivity contribution is 7.17. The summed E-state index contributed by atoms with van der Waals surface area (Å²) < 4.78 is 1.41. The van der Waals surface area contributed by atoms with Gasteiger partial charge in [0.15, 0.2) is 0 Å². The molecule has 0 fully saturated rings. The van der Waals surface area contributed by atoms with Crippen molar-refractivity contribution in [1.29, 1.82) is 0 Å². The minimum atomic E-state index is -0.570. The second-order valence-corrected chi connectivity index (χ2v) is 8.26. The van der Waals surface area contributed by atoms with Crippen molar-refractivity contribution in [3.05, 3.63) is 87.8 Å². The lowest BCUT2D eigenvalue weighted by Crippen LogP contribution is -2.39. The van der Waals surface area contributed by atoms with E-state index >= 15 is 0 Å². The molecule has 0 unspecified atom stereocenters. The fraction of sp³-hybridized carbons (Fsp3) is 0.167. The van der Waals surface area contributed by atoms with Crippen LogP contribution in [0.4, 0.5) is 4.79 Å². The van der Waals surface area contributed by atoms with Crippen LogP contribution in [0.15, 0.2) is 71.1 Å². The number of fused-ring (bicyclic) bond motifs is 1. The summed E-state index contributed by atoms with van der Waals surface area (Å²) in [5, 5.41) is 7.40. The number of carbonyl (C=O) groups is 2. The number of aromatic nitrogens is 2. The molecule has 4 aromatic rings. The highest BCUT2D eigenvalue weighted by Crippen LogP contribution is 2.30. The van der Waals surface area contributed by atoms with Crippen molar-refractivity contribution in [3.8, 4) is 11.1 Å². The second kappa shape index (κ2) is 9.57. The predicted octanol–water partition coefficient (Wildman–Crippen LogP) is 3.85. The molecule has 0 radical (unpaired) electrons. The minimum absolute atomic E-state index is 0.0180. The van der Waals surface area contributed by atoms with Gasteiger partial charge in [-0.25, -0.2) is 9.78 Å². The monoisotopic (exact) mass is 446 g/mol. The van der Waals surface area contributed by atoms with Gasteiger partial charge in [-0.3, -0.25) is 19.5 Å². The normalized spacial score (nSPS) is 10.8. The summed E-state index contributed by atoms with van der Waals surface area (Å²) in [4.78, 5) is 42.2. The largest absolute Gasteiger partial charge is 0.334 e. The Labute approximate surface area is 188 Å². The highest BCUT2D eigenvalue weighted by Gasteiger charge is 2.14. The molecular weight excluding hydrogens is 424 g/mol. The number of aryl methyl sites for hydroxylation is 2. The lowest BCUT2D eigenvalue weighted by molar-refractivity contribution is -0.120. The molecule has 0 bridgehead atoms. The molecule has 2 aromatic heterocycles. The predicted molar refractivity (Wildman–Crippen MR) is 125 cm³/mol. The summed E-state index contributed by atoms with van der Waals surface area (Å²) in [6.07, 6.45) is 1.43. The van der Waals surface area contributed by atoms with Crippen LogP contribution in [-0.4, -0.2) is 21.5 Å². The first-order chi connectivity index (χ1) is 15.5. The van der Waals surface area contributed by atoms with Crippen LogP contribution < -0.4 is 16.2 Å². The van der Waals surface area contributed by atoms with E-state index in [1.807, 2.05) is 66.9 Å². The fourth-order valence-corrected chi connectivity index (χ4v) is 4.21. The number of hydrogen-bond donors (Lipinski definition) is 2. The lowest BCUT2D eigenvalue weighted by Gasteiger charge is -2.08. The van der Waals surface area contributed by atoms with Crippen molar-refractivity contribution in [1.82, 2.24) is 20.2 Å². The Balaban J connectivity index is 1.41. The quantitative estimate of drug-likeness (QED) is 0.471. The zero-order valence-corrected chi connectivity index (χ0v) is 18.3. The van der Waals surface area contributed by atoms with Crippen molar-refractivity contribution in [2.45, 2.75) is 26.4 Å². The van der Waals surface area contributed by atoms with E-state index in [1.54, 1.807) is 0 Å². The average molecular weight is 447 g/mol. The number of benzene rings is 2. The van der Waals surface area contributed by atoms with Crippen LogP contribution in [-0.2, 0) is 17.9 Å². The molecule has 32 heavy (non-hydrogen) atoms. The third kappa shape index (κ3) is 4.92. The Kier molecular flexibility index (Phi) is 6.42. The number of amides is 3. The number of carbonyl (C=O) groups excluding carboxylic acids is 2. The second-order valence-electron chi connectivity index (χ2n) is 7.41. The number of nitrogens with zero attached hydrogens (tertiary/aromatic N) is 2. The molecular formula is C24H22N4O3S. The Bertz CT molecular complexity index is 1310. The van der Waals surface area contributed by atoms with Crippen molar-refractivity contribution in [2.24, 2.45) is 0 Å². The SMILES string of the molecule is Cc1ccc(-c2csc3ncn(CCC(=O)NC(=O)NCc4ccccc4)c(=O)c23)cc1. The van der Waals surface area contributed by atoms with E-state index in [1.165, 1.54) is 22.2 Å². The Morgan fingerprint density at radius 1 is 1.06 bits per heavy atom. The van der Waals surface area contributed by atoms with Gasteiger partial charge >= 0.3 is 6.03 Å². The standard InChI is InChI=1S/C24H22N4O3S/c1-16-7-9-18(10-8-16)19-14-32-22-21(19)23(30)28(15-26-22)12-11-20(29)27-24(31)25-13-17-5-3-2-4-6-17/h2-10,14-15H,11-13H2,1H3,(H2,25,27,29,31). The number of imide groups is 1. The summed E-state index contributed by atoms with van der Waals surface area (Å²) in [5.41, 5.74) is 3.66. The van der Waals surface area contributed by atoms with E-state index in [0.717, 1.165) is 22.3 Å². The molecule has 8 heteroatoms. The van der Waals surface area contributed by atoms with Gasteiger partial charge in [0.05, 0.1) is 11.7 Å². The van der Waals surface area contributed by atoms with E-state index in [2.05, 4.69) is 15.6 Å². The van der Waals surface area contributed by atoms with Crippen molar-refractivity contribution < 1.29 is 9.59 Å². The minimum Gasteiger partial charge on any atom is -0.334 e. The zero-order valence-electron chi connectivity index (χ0n) is 17.5. The average Bonchev–Trinajstić information content (AvgIpc) is 3.23. The van der Waals surface area contributed by atoms with Crippen LogP contribution in [0, 0.1) is 6.92 Å². The number of rotatable bonds is 6. The Hall–Kier alpha value is -3.78. The van der Waals surface area contributed by atoms with Crippen molar-refractivity contribution >= 4 is 33.5 Å². The van der Waals surface area contributed by atoms with E-state index in [4.69, 9.17) is 0 Å². The maximum Gasteiger partial charge on any atom is 0.321 e. The van der Waals surface area contributed by atoms with Gasteiger partial charge in [0.2, 0.25) is 5.91 Å². The molecule has 0 saturated carbocycles. The number of nitrogens with one attached hydrogen (secondary N) is 2. The van der Waals surface area contributed by atoms with Crippen LogP contribution in [0.2, 0.25) is 0 Å². The molecule has 0 saturated heterocycles. The molecule has 4 rings (SSSR count). The topological polar surface area (TPSA) is 93.1 Å². The number of hydrogen-bond acceptors (Lipinski definition) is 5. The van der Waals surface area contributed by atoms with Crippen molar-refractivity contribution in [2.75, 3.05) is 0 Å². The Morgan fingerprint density at radius 2 is 1.81 bits per heavy atom. The molecule has 162 valence electrons. The van der Waals surface area contributed by atoms with E-state index < -0.39 is 11.9 Å². The van der Waals surface area contributed by atoms with Gasteiger partial charge < -0.3 is 5.32 Å². The first-order valence-corrected chi connectivity index (χ1v) is 11.0. The smallest absolute Gasteiger partial charge is 0.321 e. The molecule has 0 spiro atoms. The zero-order chi connectivity index (χ0) is 22.5. The van der Waals surface area contributed by atoms with Crippen LogP contribution in [0.1, 0.15) is 17.5 Å². The van der Waals surface area contributed by atoms with Gasteiger partial charge in [0.25, 0.3) is 5.56 Å². The fourth-order valence-electron chi connectivity index (χ4n) is 3.31. The summed E-state index contributed by atoms with van der Waals surface area (Å²) in [6, 6.07) is 16.8. The molecule has 2 aromatic carbocycles. The van der Waals surface area contributed by atoms with Crippen molar-refractivity contribution in [3.63, 3.8) is 0 Å². The molecule has 2 heterocycles. The first kappa shape index (κ1) is 21.5.